The fourth-order valence-electron chi connectivity index (χ4n) is 3.26. The van der Waals surface area contributed by atoms with Gasteiger partial charge < -0.3 is 5.32 Å². The van der Waals surface area contributed by atoms with Crippen molar-refractivity contribution in [3.8, 4) is 23.0 Å². The molecule has 0 atom stereocenters. The van der Waals surface area contributed by atoms with Gasteiger partial charge in [-0.05, 0) is 54.5 Å². The normalized spacial score (nSPS) is 11.1. The fraction of sp³-hybridized carbons (Fsp3) is 0.0769. The second-order valence-electron chi connectivity index (χ2n) is 7.13. The first-order valence-electron chi connectivity index (χ1n) is 10.3. The molecule has 0 aliphatic carbocycles. The highest BCUT2D eigenvalue weighted by molar-refractivity contribution is 6.10. The number of pyridine rings is 1. The van der Waals surface area contributed by atoms with Gasteiger partial charge in [-0.15, -0.1) is 0 Å². The van der Waals surface area contributed by atoms with Gasteiger partial charge in [-0.3, -0.25) is 9.78 Å². The van der Waals surface area contributed by atoms with Gasteiger partial charge in [-0.25, -0.2) is 4.68 Å². The van der Waals surface area contributed by atoms with Crippen molar-refractivity contribution in [3.63, 3.8) is 0 Å². The summed E-state index contributed by atoms with van der Waals surface area (Å²) < 4.78 is 1.73. The van der Waals surface area contributed by atoms with Crippen molar-refractivity contribution in [3.05, 3.63) is 102 Å². The molecule has 2 heterocycles. The van der Waals surface area contributed by atoms with E-state index in [9.17, 15) is 10.1 Å². The number of carbonyl (C=O) groups excluding carboxylic acids is 1. The Morgan fingerprint density at radius 1 is 1.09 bits per heavy atom. The Kier molecular flexibility index (Phi) is 6.19. The van der Waals surface area contributed by atoms with Crippen LogP contribution in [0.15, 0.2) is 90.9 Å². The van der Waals surface area contributed by atoms with E-state index >= 15 is 0 Å². The number of nitrogens with zero attached hydrogens (tertiary/aromatic N) is 4. The molecule has 2 aromatic carbocycles. The number of rotatable bonds is 6. The predicted molar refractivity (Wildman–Crippen MR) is 125 cm³/mol. The van der Waals surface area contributed by atoms with Crippen molar-refractivity contribution in [1.29, 1.82) is 5.26 Å². The van der Waals surface area contributed by atoms with E-state index in [1.54, 1.807) is 29.3 Å². The number of aromatic nitrogens is 3. The number of hydrogen-bond acceptors (Lipinski definition) is 4. The van der Waals surface area contributed by atoms with Crippen molar-refractivity contribution >= 4 is 17.7 Å². The molecule has 32 heavy (non-hydrogen) atoms. The van der Waals surface area contributed by atoms with Crippen molar-refractivity contribution in [2.45, 2.75) is 13.3 Å². The summed E-state index contributed by atoms with van der Waals surface area (Å²) >= 11 is 0. The third-order valence-corrected chi connectivity index (χ3v) is 4.98. The third kappa shape index (κ3) is 4.63. The predicted octanol–water partition coefficient (Wildman–Crippen LogP) is 5.04. The summed E-state index contributed by atoms with van der Waals surface area (Å²) in [7, 11) is 0. The summed E-state index contributed by atoms with van der Waals surface area (Å²) in [6.45, 7) is 2.07. The second kappa shape index (κ2) is 9.54. The van der Waals surface area contributed by atoms with Crippen LogP contribution < -0.4 is 5.32 Å². The number of carbonyl (C=O) groups is 1. The first-order chi connectivity index (χ1) is 15.7. The number of nitriles is 1. The Morgan fingerprint density at radius 3 is 2.53 bits per heavy atom. The van der Waals surface area contributed by atoms with E-state index in [-0.39, 0.29) is 5.57 Å². The topological polar surface area (TPSA) is 83.6 Å². The van der Waals surface area contributed by atoms with Gasteiger partial charge in [-0.2, -0.15) is 10.4 Å². The van der Waals surface area contributed by atoms with E-state index < -0.39 is 5.91 Å². The molecule has 156 valence electrons. The zero-order valence-corrected chi connectivity index (χ0v) is 17.6. The molecular formula is C26H21N5O. The molecule has 1 N–H and O–H groups in total. The number of benzene rings is 2. The lowest BCUT2D eigenvalue weighted by Gasteiger charge is -2.05. The monoisotopic (exact) mass is 419 g/mol. The Morgan fingerprint density at radius 2 is 1.88 bits per heavy atom. The summed E-state index contributed by atoms with van der Waals surface area (Å²) in [5.74, 6) is -0.471. The van der Waals surface area contributed by atoms with Crippen LogP contribution in [0.2, 0.25) is 0 Å². The number of amides is 1. The van der Waals surface area contributed by atoms with Crippen LogP contribution in [0.5, 0.6) is 0 Å². The van der Waals surface area contributed by atoms with E-state index in [0.29, 0.717) is 16.9 Å². The first-order valence-corrected chi connectivity index (χ1v) is 10.3. The van der Waals surface area contributed by atoms with Gasteiger partial charge in [0.2, 0.25) is 0 Å². The van der Waals surface area contributed by atoms with Crippen molar-refractivity contribution < 1.29 is 4.79 Å². The molecule has 4 aromatic rings. The largest absolute Gasteiger partial charge is 0.321 e. The van der Waals surface area contributed by atoms with E-state index in [1.807, 2.05) is 72.8 Å². The van der Waals surface area contributed by atoms with Gasteiger partial charge in [0.15, 0.2) is 0 Å². The summed E-state index contributed by atoms with van der Waals surface area (Å²) in [6.07, 6.45) is 7.67. The van der Waals surface area contributed by atoms with Crippen LogP contribution in [0.4, 0.5) is 5.69 Å². The van der Waals surface area contributed by atoms with Crippen LogP contribution in [0.1, 0.15) is 18.1 Å². The first kappa shape index (κ1) is 20.8. The molecular weight excluding hydrogens is 398 g/mol. The summed E-state index contributed by atoms with van der Waals surface area (Å²) in [4.78, 5) is 17.0. The van der Waals surface area contributed by atoms with Gasteiger partial charge in [0.05, 0.1) is 5.69 Å². The second-order valence-corrected chi connectivity index (χ2v) is 7.13. The summed E-state index contributed by atoms with van der Waals surface area (Å²) in [5, 5.41) is 17.2. The van der Waals surface area contributed by atoms with Gasteiger partial charge in [-0.1, -0.05) is 37.3 Å². The quantitative estimate of drug-likeness (QED) is 0.350. The highest BCUT2D eigenvalue weighted by Crippen LogP contribution is 2.25. The number of nitrogens with one attached hydrogen (secondary N) is 1. The molecule has 0 fully saturated rings. The smallest absolute Gasteiger partial charge is 0.266 e. The van der Waals surface area contributed by atoms with Crippen molar-refractivity contribution in [2.24, 2.45) is 0 Å². The van der Waals surface area contributed by atoms with Crippen LogP contribution in [-0.2, 0) is 11.2 Å². The number of hydrogen-bond donors (Lipinski definition) is 1. The molecule has 0 aliphatic rings. The van der Waals surface area contributed by atoms with E-state index in [0.717, 1.165) is 17.7 Å². The lowest BCUT2D eigenvalue weighted by atomic mass is 10.1. The maximum Gasteiger partial charge on any atom is 0.266 e. The Balaban J connectivity index is 1.70. The molecule has 0 bridgehead atoms. The lowest BCUT2D eigenvalue weighted by molar-refractivity contribution is -0.112. The minimum Gasteiger partial charge on any atom is -0.321 e. The van der Waals surface area contributed by atoms with Crippen LogP contribution in [-0.4, -0.2) is 20.7 Å². The minimum atomic E-state index is -0.471. The third-order valence-electron chi connectivity index (χ3n) is 4.98. The highest BCUT2D eigenvalue weighted by Gasteiger charge is 2.15. The zero-order valence-electron chi connectivity index (χ0n) is 17.6. The average Bonchev–Trinajstić information content (AvgIpc) is 3.28. The number of anilines is 1. The summed E-state index contributed by atoms with van der Waals surface area (Å²) in [6, 6.07) is 23.0. The molecule has 1 amide bonds. The van der Waals surface area contributed by atoms with Gasteiger partial charge in [0.25, 0.3) is 5.91 Å². The Bertz CT molecular complexity index is 1280. The van der Waals surface area contributed by atoms with E-state index in [2.05, 4.69) is 17.2 Å². The molecule has 0 saturated heterocycles. The van der Waals surface area contributed by atoms with Crippen molar-refractivity contribution in [1.82, 2.24) is 14.8 Å². The number of para-hydroxylation sites is 1. The molecule has 6 heteroatoms. The summed E-state index contributed by atoms with van der Waals surface area (Å²) in [5.41, 5.74) is 4.75. The molecule has 0 aliphatic heterocycles. The minimum absolute atomic E-state index is 0.0117. The van der Waals surface area contributed by atoms with E-state index in [4.69, 9.17) is 5.10 Å². The van der Waals surface area contributed by atoms with E-state index in [1.165, 1.54) is 5.56 Å². The molecule has 2 aromatic heterocycles. The molecule has 0 spiro atoms. The fourth-order valence-corrected chi connectivity index (χ4v) is 3.26. The zero-order chi connectivity index (χ0) is 22.3. The lowest BCUT2D eigenvalue weighted by Crippen LogP contribution is -2.13. The maximum absolute atomic E-state index is 12.8. The van der Waals surface area contributed by atoms with Gasteiger partial charge in [0.1, 0.15) is 17.3 Å². The van der Waals surface area contributed by atoms with Crippen LogP contribution in [0, 0.1) is 11.3 Å². The van der Waals surface area contributed by atoms with Crippen LogP contribution in [0.25, 0.3) is 23.0 Å². The van der Waals surface area contributed by atoms with Crippen molar-refractivity contribution in [2.75, 3.05) is 5.32 Å². The SMILES string of the molecule is CCc1ccc(NC(=O)C(C#N)=Cc2cn(-c3ccccc3)nc2-c2cccnc2)cc1. The average molecular weight is 419 g/mol. The Labute approximate surface area is 186 Å². The maximum atomic E-state index is 12.8. The molecule has 0 unspecified atom stereocenters. The van der Waals surface area contributed by atoms with Gasteiger partial charge >= 0.3 is 0 Å². The molecule has 0 saturated carbocycles. The van der Waals surface area contributed by atoms with Crippen LogP contribution >= 0.6 is 0 Å². The highest BCUT2D eigenvalue weighted by atomic mass is 16.1. The molecule has 6 nitrogen and oxygen atoms in total. The van der Waals surface area contributed by atoms with Gasteiger partial charge in [0, 0.05) is 35.4 Å². The number of aryl methyl sites for hydroxylation is 1. The van der Waals surface area contributed by atoms with Crippen LogP contribution in [0.3, 0.4) is 0 Å². The molecule has 4 rings (SSSR count). The standard InChI is InChI=1S/C26H21N5O/c1-2-19-10-12-23(13-11-19)29-26(32)21(16-27)15-22-18-31(24-8-4-3-5-9-24)30-25(22)20-7-6-14-28-17-20/h3-15,17-18H,2H2,1H3,(H,29,32). The Hall–Kier alpha value is -4.50. The molecule has 0 radical (unpaired) electrons.